The monoisotopic (exact) mass is 393 g/mol. The summed E-state index contributed by atoms with van der Waals surface area (Å²) in [5, 5.41) is 6.58. The molecule has 0 saturated carbocycles. The summed E-state index contributed by atoms with van der Waals surface area (Å²) < 4.78 is 5.95. The van der Waals surface area contributed by atoms with Crippen LogP contribution in [0.1, 0.15) is 5.56 Å². The Labute approximate surface area is 173 Å². The summed E-state index contributed by atoms with van der Waals surface area (Å²) >= 11 is 1.89. The fourth-order valence-corrected chi connectivity index (χ4v) is 5.88. The van der Waals surface area contributed by atoms with Crippen molar-refractivity contribution in [1.82, 2.24) is 4.57 Å². The molecule has 0 aliphatic rings. The SMILES string of the molecule is Cc1c(-c2cc3c4cc5ccccc5cc4n(C)c3c[n+]2C)sc2ccccc12. The lowest BCUT2D eigenvalue weighted by Crippen LogP contribution is -2.30. The quantitative estimate of drug-likeness (QED) is 0.282. The number of thiophene rings is 1. The first-order chi connectivity index (χ1) is 14.1. The number of hydrogen-bond donors (Lipinski definition) is 0. The zero-order chi connectivity index (χ0) is 19.7. The molecule has 6 rings (SSSR count). The van der Waals surface area contributed by atoms with Crippen molar-refractivity contribution in [1.29, 1.82) is 0 Å². The van der Waals surface area contributed by atoms with Gasteiger partial charge in [0.1, 0.15) is 17.4 Å². The lowest BCUT2D eigenvalue weighted by Gasteiger charge is -2.01. The van der Waals surface area contributed by atoms with Crippen molar-refractivity contribution >= 4 is 54.0 Å². The smallest absolute Gasteiger partial charge is 0.223 e. The van der Waals surface area contributed by atoms with Crippen LogP contribution in [0.15, 0.2) is 72.9 Å². The molecule has 3 aromatic carbocycles. The number of fused-ring (bicyclic) bond motifs is 5. The molecule has 0 bridgehead atoms. The van der Waals surface area contributed by atoms with Gasteiger partial charge in [0.05, 0.1) is 0 Å². The van der Waals surface area contributed by atoms with E-state index in [9.17, 15) is 0 Å². The second kappa shape index (κ2) is 5.91. The molecule has 0 aliphatic carbocycles. The summed E-state index contributed by atoms with van der Waals surface area (Å²) in [7, 11) is 4.33. The second-order valence-corrected chi connectivity index (χ2v) is 8.95. The molecule has 0 amide bonds. The lowest BCUT2D eigenvalue weighted by atomic mass is 10.1. The van der Waals surface area contributed by atoms with E-state index < -0.39 is 0 Å². The molecule has 0 atom stereocenters. The van der Waals surface area contributed by atoms with Gasteiger partial charge in [0, 0.05) is 34.1 Å². The maximum Gasteiger partial charge on any atom is 0.223 e. The highest BCUT2D eigenvalue weighted by Crippen LogP contribution is 2.39. The summed E-state index contributed by atoms with van der Waals surface area (Å²) in [6.45, 7) is 2.25. The van der Waals surface area contributed by atoms with Gasteiger partial charge in [0.15, 0.2) is 6.20 Å². The van der Waals surface area contributed by atoms with Crippen LogP contribution in [-0.4, -0.2) is 4.57 Å². The number of nitrogens with zero attached hydrogens (tertiary/aromatic N) is 2. The van der Waals surface area contributed by atoms with Crippen LogP contribution in [0.3, 0.4) is 0 Å². The average molecular weight is 394 g/mol. The topological polar surface area (TPSA) is 8.81 Å². The molecule has 0 fully saturated rings. The zero-order valence-electron chi connectivity index (χ0n) is 16.7. The molecule has 3 aromatic heterocycles. The summed E-state index contributed by atoms with van der Waals surface area (Å²) in [5.74, 6) is 0. The van der Waals surface area contributed by atoms with Crippen molar-refractivity contribution in [3.05, 3.63) is 78.5 Å². The van der Waals surface area contributed by atoms with Gasteiger partial charge < -0.3 is 4.57 Å². The summed E-state index contributed by atoms with van der Waals surface area (Å²) in [4.78, 5) is 1.35. The van der Waals surface area contributed by atoms with E-state index in [0.717, 1.165) is 0 Å². The summed E-state index contributed by atoms with van der Waals surface area (Å²) in [6, 6.07) is 24.4. The van der Waals surface area contributed by atoms with Gasteiger partial charge in [-0.25, -0.2) is 0 Å². The van der Waals surface area contributed by atoms with E-state index in [-0.39, 0.29) is 0 Å². The van der Waals surface area contributed by atoms with Crippen LogP contribution in [0.25, 0.3) is 53.2 Å². The predicted molar refractivity (Wildman–Crippen MR) is 125 cm³/mol. The Morgan fingerprint density at radius 2 is 1.48 bits per heavy atom. The Morgan fingerprint density at radius 3 is 2.28 bits per heavy atom. The number of hydrogen-bond acceptors (Lipinski definition) is 1. The van der Waals surface area contributed by atoms with Crippen LogP contribution in [0.4, 0.5) is 0 Å². The van der Waals surface area contributed by atoms with E-state index in [0.29, 0.717) is 0 Å². The van der Waals surface area contributed by atoms with Crippen molar-refractivity contribution in [2.75, 3.05) is 0 Å². The average Bonchev–Trinajstić information content (AvgIpc) is 3.21. The highest BCUT2D eigenvalue weighted by Gasteiger charge is 2.21. The van der Waals surface area contributed by atoms with Crippen LogP contribution in [0.5, 0.6) is 0 Å². The van der Waals surface area contributed by atoms with Crippen molar-refractivity contribution in [3.8, 4) is 10.6 Å². The van der Waals surface area contributed by atoms with E-state index in [2.05, 4.69) is 103 Å². The van der Waals surface area contributed by atoms with Crippen LogP contribution >= 0.6 is 11.3 Å². The molecule has 3 heterocycles. The van der Waals surface area contributed by atoms with Gasteiger partial charge >= 0.3 is 0 Å². The second-order valence-electron chi connectivity index (χ2n) is 7.90. The third kappa shape index (κ3) is 2.31. The fraction of sp³-hybridized carbons (Fsp3) is 0.115. The highest BCUT2D eigenvalue weighted by atomic mass is 32.1. The van der Waals surface area contributed by atoms with Crippen LogP contribution in [0.2, 0.25) is 0 Å². The molecule has 29 heavy (non-hydrogen) atoms. The van der Waals surface area contributed by atoms with Gasteiger partial charge in [-0.15, -0.1) is 11.3 Å². The third-order valence-electron chi connectivity index (χ3n) is 6.21. The van der Waals surface area contributed by atoms with E-state index in [4.69, 9.17) is 0 Å². The number of aromatic nitrogens is 2. The highest BCUT2D eigenvalue weighted by molar-refractivity contribution is 7.22. The largest absolute Gasteiger partial charge is 0.339 e. The third-order valence-corrected chi connectivity index (χ3v) is 7.50. The minimum Gasteiger partial charge on any atom is -0.339 e. The molecule has 3 heteroatoms. The van der Waals surface area contributed by atoms with Gasteiger partial charge in [-0.1, -0.05) is 42.5 Å². The Morgan fingerprint density at radius 1 is 0.793 bits per heavy atom. The summed E-state index contributed by atoms with van der Waals surface area (Å²) in [5.41, 5.74) is 5.19. The minimum absolute atomic E-state index is 1.26. The molecule has 6 aromatic rings. The fourth-order valence-electron chi connectivity index (χ4n) is 4.61. The normalized spacial score (nSPS) is 12.0. The minimum atomic E-state index is 1.26. The van der Waals surface area contributed by atoms with Gasteiger partial charge in [-0.05, 0) is 46.8 Å². The van der Waals surface area contributed by atoms with Crippen LogP contribution in [0, 0.1) is 6.92 Å². The van der Waals surface area contributed by atoms with E-state index >= 15 is 0 Å². The van der Waals surface area contributed by atoms with Crippen LogP contribution < -0.4 is 4.57 Å². The van der Waals surface area contributed by atoms with Crippen molar-refractivity contribution < 1.29 is 4.57 Å². The number of pyridine rings is 1. The first kappa shape index (κ1) is 16.8. The Hall–Kier alpha value is -3.17. The first-order valence-corrected chi connectivity index (χ1v) is 10.7. The number of benzene rings is 3. The molecule has 0 N–H and O–H groups in total. The molecule has 2 nitrogen and oxygen atoms in total. The van der Waals surface area contributed by atoms with E-state index in [1.54, 1.807) is 0 Å². The molecular weight excluding hydrogens is 372 g/mol. The number of rotatable bonds is 1. The summed E-state index contributed by atoms with van der Waals surface area (Å²) in [6.07, 6.45) is 2.28. The molecule has 0 saturated heterocycles. The molecule has 0 radical (unpaired) electrons. The molecule has 140 valence electrons. The van der Waals surface area contributed by atoms with Gasteiger partial charge in [-0.3, -0.25) is 0 Å². The first-order valence-electron chi connectivity index (χ1n) is 9.91. The maximum atomic E-state index is 2.38. The van der Waals surface area contributed by atoms with Crippen LogP contribution in [-0.2, 0) is 14.1 Å². The standard InChI is InChI=1S/C26H21N2S/c1-16-19-10-6-7-11-25(19)29-26(16)23-14-21-20-12-17-8-4-5-9-18(17)13-22(20)28(3)24(21)15-27(23)2/h4-15H,1-3H3/q+1. The van der Waals surface area contributed by atoms with Gasteiger partial charge in [0.2, 0.25) is 5.69 Å². The van der Waals surface area contributed by atoms with Crippen molar-refractivity contribution in [3.63, 3.8) is 0 Å². The van der Waals surface area contributed by atoms with Gasteiger partial charge in [-0.2, -0.15) is 4.57 Å². The molecule has 0 aliphatic heterocycles. The molecular formula is C26H21N2S+. The number of aryl methyl sites for hydroxylation is 3. The predicted octanol–water partition coefficient (Wildman–Crippen LogP) is 6.50. The lowest BCUT2D eigenvalue weighted by molar-refractivity contribution is -0.659. The van der Waals surface area contributed by atoms with Crippen molar-refractivity contribution in [2.24, 2.45) is 14.1 Å². The Balaban J connectivity index is 1.71. The zero-order valence-corrected chi connectivity index (χ0v) is 17.5. The van der Waals surface area contributed by atoms with E-state index in [1.807, 2.05) is 11.3 Å². The Bertz CT molecular complexity index is 1580. The van der Waals surface area contributed by atoms with E-state index in [1.165, 1.54) is 58.8 Å². The maximum absolute atomic E-state index is 2.38. The Kier molecular flexibility index (Phi) is 3.42. The molecule has 0 unspecified atom stereocenters. The molecule has 0 spiro atoms. The van der Waals surface area contributed by atoms with Crippen molar-refractivity contribution in [2.45, 2.75) is 6.92 Å². The van der Waals surface area contributed by atoms with Gasteiger partial charge in [0.25, 0.3) is 0 Å².